The molecule has 2 aromatic carbocycles. The minimum absolute atomic E-state index is 0.0495. The van der Waals surface area contributed by atoms with Crippen molar-refractivity contribution in [2.75, 3.05) is 19.7 Å². The van der Waals surface area contributed by atoms with Crippen LogP contribution in [0.5, 0.6) is 5.75 Å². The summed E-state index contributed by atoms with van der Waals surface area (Å²) >= 11 is 0. The number of likely N-dealkylation sites (tertiary alicyclic amines) is 1. The molecule has 1 amide bonds. The molecule has 3 aromatic rings. The second-order valence-electron chi connectivity index (χ2n) is 7.38. The van der Waals surface area contributed by atoms with Gasteiger partial charge in [0.25, 0.3) is 5.91 Å². The van der Waals surface area contributed by atoms with Crippen LogP contribution in [0, 0.1) is 0 Å². The topological polar surface area (TPSA) is 68.5 Å². The highest BCUT2D eigenvalue weighted by Crippen LogP contribution is 2.31. The highest BCUT2D eigenvalue weighted by atomic mass is 16.5. The van der Waals surface area contributed by atoms with Crippen molar-refractivity contribution in [2.45, 2.75) is 18.8 Å². The average molecular weight is 387 g/mol. The fourth-order valence-corrected chi connectivity index (χ4v) is 3.88. The molecule has 1 aromatic heterocycles. The van der Waals surface area contributed by atoms with Crippen molar-refractivity contribution in [2.24, 2.45) is 0 Å². The molecule has 5 rings (SSSR count). The van der Waals surface area contributed by atoms with Crippen LogP contribution in [0.2, 0.25) is 0 Å². The molecule has 0 radical (unpaired) electrons. The standard InChI is InChI=1S/C23H21N3O3/c27-23(19-14-18-8-4-5-9-20(18)28-15-19)26-12-10-17(11-13-26)22-24-21(25-29-22)16-6-2-1-3-7-16/h1-9,14,17H,10-13,15H2. The van der Waals surface area contributed by atoms with Crippen molar-refractivity contribution in [3.8, 4) is 17.1 Å². The zero-order valence-corrected chi connectivity index (χ0v) is 16.0. The number of carbonyl (C=O) groups excluding carboxylic acids is 1. The number of aromatic nitrogens is 2. The van der Waals surface area contributed by atoms with Gasteiger partial charge in [-0.05, 0) is 25.0 Å². The number of piperidine rings is 1. The summed E-state index contributed by atoms with van der Waals surface area (Å²) in [7, 11) is 0. The molecule has 0 spiro atoms. The number of fused-ring (bicyclic) bond motifs is 1. The van der Waals surface area contributed by atoms with E-state index in [1.165, 1.54) is 0 Å². The maximum Gasteiger partial charge on any atom is 0.253 e. The van der Waals surface area contributed by atoms with Gasteiger partial charge in [0.15, 0.2) is 0 Å². The van der Waals surface area contributed by atoms with Crippen LogP contribution in [0.25, 0.3) is 17.5 Å². The predicted octanol–water partition coefficient (Wildman–Crippen LogP) is 3.92. The highest BCUT2D eigenvalue weighted by molar-refractivity contribution is 5.99. The van der Waals surface area contributed by atoms with Gasteiger partial charge in [-0.2, -0.15) is 4.98 Å². The van der Waals surface area contributed by atoms with Gasteiger partial charge in [0.05, 0.1) is 5.57 Å². The summed E-state index contributed by atoms with van der Waals surface area (Å²) in [5.74, 6) is 2.33. The van der Waals surface area contributed by atoms with Gasteiger partial charge in [-0.15, -0.1) is 0 Å². The van der Waals surface area contributed by atoms with E-state index in [0.29, 0.717) is 37.0 Å². The molecule has 0 saturated carbocycles. The number of amides is 1. The van der Waals surface area contributed by atoms with Crippen LogP contribution >= 0.6 is 0 Å². The molecule has 1 saturated heterocycles. The number of para-hydroxylation sites is 1. The van der Waals surface area contributed by atoms with E-state index < -0.39 is 0 Å². The smallest absolute Gasteiger partial charge is 0.253 e. The van der Waals surface area contributed by atoms with Gasteiger partial charge in [0.2, 0.25) is 11.7 Å². The molecule has 146 valence electrons. The third-order valence-corrected chi connectivity index (χ3v) is 5.51. The van der Waals surface area contributed by atoms with Crippen LogP contribution in [-0.4, -0.2) is 40.6 Å². The lowest BCUT2D eigenvalue weighted by Crippen LogP contribution is -2.40. The first-order valence-electron chi connectivity index (χ1n) is 9.88. The lowest BCUT2D eigenvalue weighted by Gasteiger charge is -2.31. The number of nitrogens with zero attached hydrogens (tertiary/aromatic N) is 3. The Labute approximate surface area is 168 Å². The summed E-state index contributed by atoms with van der Waals surface area (Å²) in [5, 5.41) is 4.12. The third-order valence-electron chi connectivity index (χ3n) is 5.51. The van der Waals surface area contributed by atoms with Crippen LogP contribution < -0.4 is 4.74 Å². The fraction of sp³-hybridized carbons (Fsp3) is 0.261. The van der Waals surface area contributed by atoms with Crippen molar-refractivity contribution in [1.82, 2.24) is 15.0 Å². The quantitative estimate of drug-likeness (QED) is 0.681. The van der Waals surface area contributed by atoms with Crippen LogP contribution in [-0.2, 0) is 4.79 Å². The minimum Gasteiger partial charge on any atom is -0.488 e. The van der Waals surface area contributed by atoms with Gasteiger partial charge in [0, 0.05) is 30.1 Å². The first-order valence-corrected chi connectivity index (χ1v) is 9.88. The van der Waals surface area contributed by atoms with Crippen molar-refractivity contribution in [3.05, 3.63) is 71.6 Å². The molecule has 0 atom stereocenters. The molecule has 2 aliphatic heterocycles. The minimum atomic E-state index is 0.0495. The molecule has 2 aliphatic rings. The number of carbonyl (C=O) groups is 1. The Balaban J connectivity index is 1.24. The molecule has 0 N–H and O–H groups in total. The van der Waals surface area contributed by atoms with Crippen LogP contribution in [0.15, 0.2) is 64.7 Å². The maximum absolute atomic E-state index is 12.9. The summed E-state index contributed by atoms with van der Waals surface area (Å²) in [4.78, 5) is 19.4. The van der Waals surface area contributed by atoms with Gasteiger partial charge < -0.3 is 14.2 Å². The van der Waals surface area contributed by atoms with E-state index in [9.17, 15) is 4.79 Å². The van der Waals surface area contributed by atoms with E-state index >= 15 is 0 Å². The predicted molar refractivity (Wildman–Crippen MR) is 108 cm³/mol. The zero-order valence-electron chi connectivity index (χ0n) is 16.0. The molecule has 29 heavy (non-hydrogen) atoms. The largest absolute Gasteiger partial charge is 0.488 e. The van der Waals surface area contributed by atoms with E-state index in [1.807, 2.05) is 65.6 Å². The molecule has 1 fully saturated rings. The molecule has 3 heterocycles. The fourth-order valence-electron chi connectivity index (χ4n) is 3.88. The number of ether oxygens (including phenoxy) is 1. The van der Waals surface area contributed by atoms with Gasteiger partial charge in [-0.25, -0.2) is 0 Å². The van der Waals surface area contributed by atoms with Gasteiger partial charge >= 0.3 is 0 Å². The van der Waals surface area contributed by atoms with E-state index in [1.54, 1.807) is 0 Å². The van der Waals surface area contributed by atoms with E-state index in [0.717, 1.165) is 29.7 Å². The van der Waals surface area contributed by atoms with Gasteiger partial charge in [-0.3, -0.25) is 4.79 Å². The molecule has 0 aliphatic carbocycles. The second-order valence-corrected chi connectivity index (χ2v) is 7.38. The normalized spacial score (nSPS) is 16.7. The van der Waals surface area contributed by atoms with E-state index in [4.69, 9.17) is 9.26 Å². The van der Waals surface area contributed by atoms with Crippen LogP contribution in [0.1, 0.15) is 30.2 Å². The summed E-state index contributed by atoms with van der Waals surface area (Å²) in [6, 6.07) is 17.6. The van der Waals surface area contributed by atoms with Crippen molar-refractivity contribution < 1.29 is 14.1 Å². The van der Waals surface area contributed by atoms with Crippen LogP contribution in [0.4, 0.5) is 0 Å². The summed E-state index contributed by atoms with van der Waals surface area (Å²) < 4.78 is 11.2. The van der Waals surface area contributed by atoms with Crippen molar-refractivity contribution >= 4 is 12.0 Å². The molecular weight excluding hydrogens is 366 g/mol. The number of hydrogen-bond acceptors (Lipinski definition) is 5. The Morgan fingerprint density at radius 1 is 1.00 bits per heavy atom. The Hall–Kier alpha value is -3.41. The highest BCUT2D eigenvalue weighted by Gasteiger charge is 2.29. The number of rotatable bonds is 3. The molecule has 6 nitrogen and oxygen atoms in total. The third kappa shape index (κ3) is 3.53. The Bertz CT molecular complexity index is 1050. The van der Waals surface area contributed by atoms with Gasteiger partial charge in [0.1, 0.15) is 12.4 Å². The van der Waals surface area contributed by atoms with E-state index in [2.05, 4.69) is 10.1 Å². The molecule has 6 heteroatoms. The summed E-state index contributed by atoms with van der Waals surface area (Å²) in [6.07, 6.45) is 3.57. The summed E-state index contributed by atoms with van der Waals surface area (Å²) in [5.41, 5.74) is 2.60. The van der Waals surface area contributed by atoms with E-state index in [-0.39, 0.29) is 11.8 Å². The molecular formula is C23H21N3O3. The number of hydrogen-bond donors (Lipinski definition) is 0. The zero-order chi connectivity index (χ0) is 19.6. The van der Waals surface area contributed by atoms with Crippen LogP contribution in [0.3, 0.4) is 0 Å². The van der Waals surface area contributed by atoms with Crippen molar-refractivity contribution in [3.63, 3.8) is 0 Å². The summed E-state index contributed by atoms with van der Waals surface area (Å²) in [6.45, 7) is 1.66. The lowest BCUT2D eigenvalue weighted by atomic mass is 9.96. The second kappa shape index (κ2) is 7.54. The maximum atomic E-state index is 12.9. The van der Waals surface area contributed by atoms with Crippen molar-refractivity contribution in [1.29, 1.82) is 0 Å². The SMILES string of the molecule is O=C(C1=Cc2ccccc2OC1)N1CCC(c2nc(-c3ccccc3)no2)CC1. The monoisotopic (exact) mass is 387 g/mol. The Morgan fingerprint density at radius 3 is 2.59 bits per heavy atom. The first kappa shape index (κ1) is 17.7. The first-order chi connectivity index (χ1) is 14.3. The lowest BCUT2D eigenvalue weighted by molar-refractivity contribution is -0.128. The molecule has 0 unspecified atom stereocenters. The molecule has 0 bridgehead atoms. The number of benzene rings is 2. The Morgan fingerprint density at radius 2 is 1.76 bits per heavy atom. The average Bonchev–Trinajstić information content (AvgIpc) is 3.29. The Kier molecular flexibility index (Phi) is 4.60. The van der Waals surface area contributed by atoms with Gasteiger partial charge in [-0.1, -0.05) is 53.7 Å².